The van der Waals surface area contributed by atoms with Gasteiger partial charge in [0.15, 0.2) is 0 Å². The summed E-state index contributed by atoms with van der Waals surface area (Å²) in [5.41, 5.74) is 1.06. The summed E-state index contributed by atoms with van der Waals surface area (Å²) in [6, 6.07) is 7.78. The highest BCUT2D eigenvalue weighted by atomic mass is 35.5. The molecule has 0 aliphatic heterocycles. The van der Waals surface area contributed by atoms with Crippen molar-refractivity contribution in [2.24, 2.45) is 0 Å². The van der Waals surface area contributed by atoms with Crippen LogP contribution in [-0.2, 0) is 6.54 Å². The Hall–Kier alpha value is -2.08. The van der Waals surface area contributed by atoms with E-state index in [1.807, 2.05) is 24.3 Å². The van der Waals surface area contributed by atoms with Crippen LogP contribution in [0.3, 0.4) is 0 Å². The van der Waals surface area contributed by atoms with Gasteiger partial charge in [0.2, 0.25) is 17.2 Å². The minimum atomic E-state index is 0.164. The summed E-state index contributed by atoms with van der Waals surface area (Å²) in [5, 5.41) is 6.38. The SMILES string of the molecule is CCCNc1nc(Cl)nc(NCc2cccc(OC)c2)n1. The zero-order valence-corrected chi connectivity index (χ0v) is 12.8. The Morgan fingerprint density at radius 3 is 2.62 bits per heavy atom. The van der Waals surface area contributed by atoms with Gasteiger partial charge in [-0.1, -0.05) is 19.1 Å². The summed E-state index contributed by atoms with van der Waals surface area (Å²) in [6.45, 7) is 3.43. The van der Waals surface area contributed by atoms with E-state index in [2.05, 4.69) is 32.5 Å². The number of benzene rings is 1. The molecule has 1 aromatic carbocycles. The fourth-order valence-corrected chi connectivity index (χ4v) is 1.87. The molecule has 0 aliphatic rings. The quantitative estimate of drug-likeness (QED) is 0.819. The number of rotatable bonds is 7. The molecule has 0 bridgehead atoms. The zero-order valence-electron chi connectivity index (χ0n) is 12.1. The maximum absolute atomic E-state index is 5.90. The van der Waals surface area contributed by atoms with Gasteiger partial charge < -0.3 is 15.4 Å². The van der Waals surface area contributed by atoms with Crippen molar-refractivity contribution in [3.05, 3.63) is 35.1 Å². The normalized spacial score (nSPS) is 10.2. The van der Waals surface area contributed by atoms with E-state index in [4.69, 9.17) is 16.3 Å². The largest absolute Gasteiger partial charge is 0.497 e. The molecule has 0 amide bonds. The lowest BCUT2D eigenvalue weighted by Gasteiger charge is -2.08. The number of aromatic nitrogens is 3. The molecule has 0 atom stereocenters. The van der Waals surface area contributed by atoms with E-state index >= 15 is 0 Å². The third-order valence-electron chi connectivity index (χ3n) is 2.73. The van der Waals surface area contributed by atoms with Gasteiger partial charge in [0, 0.05) is 13.1 Å². The van der Waals surface area contributed by atoms with Gasteiger partial charge in [-0.25, -0.2) is 0 Å². The predicted molar refractivity (Wildman–Crippen MR) is 83.9 cm³/mol. The smallest absolute Gasteiger partial charge is 0.229 e. The van der Waals surface area contributed by atoms with Crippen LogP contribution in [0.15, 0.2) is 24.3 Å². The second kappa shape index (κ2) is 7.64. The molecular formula is C14H18ClN5O. The van der Waals surface area contributed by atoms with Crippen molar-refractivity contribution in [2.45, 2.75) is 19.9 Å². The summed E-state index contributed by atoms with van der Waals surface area (Å²) >= 11 is 5.90. The standard InChI is InChI=1S/C14H18ClN5O/c1-3-7-16-13-18-12(15)19-14(20-13)17-9-10-5-4-6-11(8-10)21-2/h4-6,8H,3,7,9H2,1-2H3,(H2,16,17,18,19,20). The van der Waals surface area contributed by atoms with Crippen molar-refractivity contribution in [1.29, 1.82) is 0 Å². The second-order valence-electron chi connectivity index (χ2n) is 4.38. The number of methoxy groups -OCH3 is 1. The van der Waals surface area contributed by atoms with Crippen molar-refractivity contribution >= 4 is 23.5 Å². The van der Waals surface area contributed by atoms with Crippen LogP contribution in [0.5, 0.6) is 5.75 Å². The van der Waals surface area contributed by atoms with Crippen molar-refractivity contribution in [1.82, 2.24) is 15.0 Å². The number of nitrogens with zero attached hydrogens (tertiary/aromatic N) is 3. The van der Waals surface area contributed by atoms with Gasteiger partial charge >= 0.3 is 0 Å². The summed E-state index contributed by atoms with van der Waals surface area (Å²) in [5.74, 6) is 1.73. The van der Waals surface area contributed by atoms with Gasteiger partial charge in [-0.15, -0.1) is 0 Å². The fourth-order valence-electron chi connectivity index (χ4n) is 1.71. The topological polar surface area (TPSA) is 72.0 Å². The molecule has 0 fully saturated rings. The molecule has 112 valence electrons. The molecule has 0 radical (unpaired) electrons. The van der Waals surface area contributed by atoms with E-state index in [1.165, 1.54) is 0 Å². The number of anilines is 2. The Bertz CT molecular complexity index is 593. The van der Waals surface area contributed by atoms with Crippen LogP contribution in [-0.4, -0.2) is 28.6 Å². The van der Waals surface area contributed by atoms with Crippen molar-refractivity contribution in [3.8, 4) is 5.75 Å². The van der Waals surface area contributed by atoms with Crippen LogP contribution < -0.4 is 15.4 Å². The summed E-state index contributed by atoms with van der Waals surface area (Å²) < 4.78 is 5.19. The van der Waals surface area contributed by atoms with Gasteiger partial charge in [-0.05, 0) is 35.7 Å². The van der Waals surface area contributed by atoms with E-state index in [9.17, 15) is 0 Å². The highest BCUT2D eigenvalue weighted by Gasteiger charge is 2.04. The third kappa shape index (κ3) is 4.75. The first-order chi connectivity index (χ1) is 10.2. The maximum atomic E-state index is 5.90. The van der Waals surface area contributed by atoms with E-state index in [0.29, 0.717) is 18.4 Å². The Morgan fingerprint density at radius 1 is 1.14 bits per heavy atom. The molecule has 2 N–H and O–H groups in total. The first-order valence-electron chi connectivity index (χ1n) is 6.73. The van der Waals surface area contributed by atoms with Crippen LogP contribution >= 0.6 is 11.6 Å². The van der Waals surface area contributed by atoms with E-state index in [1.54, 1.807) is 7.11 Å². The van der Waals surface area contributed by atoms with Crippen molar-refractivity contribution in [2.75, 3.05) is 24.3 Å². The minimum Gasteiger partial charge on any atom is -0.497 e. The average Bonchev–Trinajstić information content (AvgIpc) is 2.50. The van der Waals surface area contributed by atoms with Crippen molar-refractivity contribution < 1.29 is 4.74 Å². The molecule has 0 saturated heterocycles. The lowest BCUT2D eigenvalue weighted by atomic mass is 10.2. The van der Waals surface area contributed by atoms with Gasteiger partial charge in [-0.2, -0.15) is 15.0 Å². The Labute approximate surface area is 128 Å². The van der Waals surface area contributed by atoms with Gasteiger partial charge in [0.25, 0.3) is 0 Å². The summed E-state index contributed by atoms with van der Waals surface area (Å²) in [6.07, 6.45) is 0.982. The van der Waals surface area contributed by atoms with Gasteiger partial charge in [0.05, 0.1) is 7.11 Å². The Balaban J connectivity index is 2.03. The lowest BCUT2D eigenvalue weighted by molar-refractivity contribution is 0.414. The van der Waals surface area contributed by atoms with Crippen LogP contribution in [0.25, 0.3) is 0 Å². The molecule has 21 heavy (non-hydrogen) atoms. The fraction of sp³-hybridized carbons (Fsp3) is 0.357. The van der Waals surface area contributed by atoms with Gasteiger partial charge in [-0.3, -0.25) is 0 Å². The molecule has 6 nitrogen and oxygen atoms in total. The molecule has 0 unspecified atom stereocenters. The van der Waals surface area contributed by atoms with E-state index < -0.39 is 0 Å². The first kappa shape index (κ1) is 15.3. The lowest BCUT2D eigenvalue weighted by Crippen LogP contribution is -2.09. The molecule has 1 aromatic heterocycles. The number of ether oxygens (including phenoxy) is 1. The monoisotopic (exact) mass is 307 g/mol. The molecular weight excluding hydrogens is 290 g/mol. The zero-order chi connectivity index (χ0) is 15.1. The molecule has 2 rings (SSSR count). The van der Waals surface area contributed by atoms with E-state index in [-0.39, 0.29) is 5.28 Å². The molecule has 7 heteroatoms. The Kier molecular flexibility index (Phi) is 5.57. The van der Waals surface area contributed by atoms with Crippen LogP contribution in [0.4, 0.5) is 11.9 Å². The predicted octanol–water partition coefficient (Wildman–Crippen LogP) is 2.97. The highest BCUT2D eigenvalue weighted by Crippen LogP contribution is 2.14. The Morgan fingerprint density at radius 2 is 1.90 bits per heavy atom. The minimum absolute atomic E-state index is 0.164. The molecule has 1 heterocycles. The summed E-state index contributed by atoms with van der Waals surface area (Å²) in [7, 11) is 1.64. The highest BCUT2D eigenvalue weighted by molar-refractivity contribution is 6.28. The summed E-state index contributed by atoms with van der Waals surface area (Å²) in [4.78, 5) is 12.4. The average molecular weight is 308 g/mol. The number of hydrogen-bond donors (Lipinski definition) is 2. The molecule has 0 aliphatic carbocycles. The van der Waals surface area contributed by atoms with Crippen LogP contribution in [0, 0.1) is 0 Å². The first-order valence-corrected chi connectivity index (χ1v) is 7.11. The molecule has 2 aromatic rings. The van der Waals surface area contributed by atoms with Crippen LogP contribution in [0.2, 0.25) is 5.28 Å². The molecule has 0 spiro atoms. The van der Waals surface area contributed by atoms with Gasteiger partial charge in [0.1, 0.15) is 5.75 Å². The van der Waals surface area contributed by atoms with Crippen LogP contribution in [0.1, 0.15) is 18.9 Å². The van der Waals surface area contributed by atoms with Crippen molar-refractivity contribution in [3.63, 3.8) is 0 Å². The number of hydrogen-bond acceptors (Lipinski definition) is 6. The molecule has 0 saturated carbocycles. The number of nitrogens with one attached hydrogen (secondary N) is 2. The maximum Gasteiger partial charge on any atom is 0.229 e. The second-order valence-corrected chi connectivity index (χ2v) is 4.72. The number of halogens is 1. The third-order valence-corrected chi connectivity index (χ3v) is 2.90. The van der Waals surface area contributed by atoms with E-state index in [0.717, 1.165) is 24.3 Å².